The molecule has 104 valence electrons. The Kier molecular flexibility index (Phi) is 6.95. The van der Waals surface area contributed by atoms with Gasteiger partial charge in [-0.1, -0.05) is 26.0 Å². The molecule has 19 heavy (non-hydrogen) atoms. The molecule has 0 bridgehead atoms. The number of esters is 1. The van der Waals surface area contributed by atoms with E-state index < -0.39 is 0 Å². The lowest BCUT2D eigenvalue weighted by atomic mass is 10.1. The first-order valence-corrected chi connectivity index (χ1v) is 7.52. The summed E-state index contributed by atoms with van der Waals surface area (Å²) in [4.78, 5) is 23.7. The minimum absolute atomic E-state index is 0.0198. The maximum Gasteiger partial charge on any atom is 0.316 e. The summed E-state index contributed by atoms with van der Waals surface area (Å²) < 4.78 is 5.07. The van der Waals surface area contributed by atoms with Crippen LogP contribution in [0.4, 0.5) is 0 Å². The minimum Gasteiger partial charge on any atom is -0.465 e. The second-order valence-corrected chi connectivity index (χ2v) is 5.76. The van der Waals surface area contributed by atoms with E-state index in [0.717, 1.165) is 4.90 Å². The zero-order valence-corrected chi connectivity index (χ0v) is 12.6. The summed E-state index contributed by atoms with van der Waals surface area (Å²) in [5.74, 6) is 0.271. The van der Waals surface area contributed by atoms with E-state index in [4.69, 9.17) is 16.3 Å². The van der Waals surface area contributed by atoms with E-state index in [1.54, 1.807) is 24.3 Å². The summed E-state index contributed by atoms with van der Waals surface area (Å²) in [5.41, 5.74) is 0.585. The third-order valence-corrected chi connectivity index (χ3v) is 3.46. The van der Waals surface area contributed by atoms with Gasteiger partial charge in [0.15, 0.2) is 5.78 Å². The monoisotopic (exact) mass is 300 g/mol. The van der Waals surface area contributed by atoms with E-state index in [2.05, 4.69) is 0 Å². The van der Waals surface area contributed by atoms with Gasteiger partial charge in [0.25, 0.3) is 0 Å². The van der Waals surface area contributed by atoms with Crippen molar-refractivity contribution in [3.8, 4) is 0 Å². The molecule has 0 unspecified atom stereocenters. The maximum absolute atomic E-state index is 11.4. The second-order valence-electron chi connectivity index (χ2n) is 4.45. The number of thioether (sulfide) groups is 1. The molecular formula is C14H17ClO3S. The van der Waals surface area contributed by atoms with Crippen LogP contribution in [0.1, 0.15) is 24.2 Å². The zero-order valence-electron chi connectivity index (χ0n) is 11.0. The molecule has 0 N–H and O–H groups in total. The van der Waals surface area contributed by atoms with Crippen LogP contribution in [0.3, 0.4) is 0 Å². The number of Topliss-reactive ketones (excluding diaryl/α,β-unsaturated/α-hetero) is 1. The van der Waals surface area contributed by atoms with Gasteiger partial charge in [-0.15, -0.1) is 23.4 Å². The number of hydrogen-bond donors (Lipinski definition) is 0. The van der Waals surface area contributed by atoms with E-state index in [1.165, 1.54) is 11.8 Å². The van der Waals surface area contributed by atoms with Gasteiger partial charge >= 0.3 is 5.97 Å². The molecule has 5 heteroatoms. The number of benzene rings is 1. The lowest BCUT2D eigenvalue weighted by Gasteiger charge is -2.07. The maximum atomic E-state index is 11.4. The molecule has 0 fully saturated rings. The SMILES string of the molecule is CC(C)COC(=O)CSc1ccc(C(=O)CCl)cc1. The lowest BCUT2D eigenvalue weighted by Crippen LogP contribution is -2.11. The summed E-state index contributed by atoms with van der Waals surface area (Å²) in [6, 6.07) is 7.04. The van der Waals surface area contributed by atoms with Crippen LogP contribution in [0.2, 0.25) is 0 Å². The number of ketones is 1. The Hall–Kier alpha value is -1.00. The number of carbonyl (C=O) groups excluding carboxylic acids is 2. The van der Waals surface area contributed by atoms with Crippen molar-refractivity contribution in [2.75, 3.05) is 18.2 Å². The molecule has 0 aliphatic heterocycles. The zero-order chi connectivity index (χ0) is 14.3. The number of halogens is 1. The molecular weight excluding hydrogens is 284 g/mol. The van der Waals surface area contributed by atoms with Crippen LogP contribution in [-0.4, -0.2) is 30.0 Å². The summed E-state index contributed by atoms with van der Waals surface area (Å²) in [7, 11) is 0. The molecule has 0 aliphatic rings. The van der Waals surface area contributed by atoms with E-state index in [9.17, 15) is 9.59 Å². The van der Waals surface area contributed by atoms with Gasteiger partial charge < -0.3 is 4.74 Å². The summed E-state index contributed by atoms with van der Waals surface area (Å²) in [6.45, 7) is 4.43. The number of hydrogen-bond acceptors (Lipinski definition) is 4. The van der Waals surface area contributed by atoms with Gasteiger partial charge in [-0.05, 0) is 18.1 Å². The van der Waals surface area contributed by atoms with Crippen LogP contribution >= 0.6 is 23.4 Å². The smallest absolute Gasteiger partial charge is 0.316 e. The van der Waals surface area contributed by atoms with Gasteiger partial charge in [0.2, 0.25) is 0 Å². The van der Waals surface area contributed by atoms with Gasteiger partial charge in [-0.25, -0.2) is 0 Å². The topological polar surface area (TPSA) is 43.4 Å². The average Bonchev–Trinajstić information content (AvgIpc) is 2.42. The molecule has 0 saturated heterocycles. The number of ether oxygens (including phenoxy) is 1. The molecule has 1 aromatic carbocycles. The Morgan fingerprint density at radius 3 is 2.42 bits per heavy atom. The van der Waals surface area contributed by atoms with Crippen molar-refractivity contribution in [2.24, 2.45) is 5.92 Å². The van der Waals surface area contributed by atoms with Gasteiger partial charge in [0.1, 0.15) is 0 Å². The molecule has 0 aliphatic carbocycles. The Balaban J connectivity index is 2.41. The van der Waals surface area contributed by atoms with Gasteiger partial charge in [0.05, 0.1) is 18.2 Å². The number of rotatable bonds is 7. The molecule has 0 spiro atoms. The normalized spacial score (nSPS) is 10.5. The van der Waals surface area contributed by atoms with Gasteiger partial charge in [0, 0.05) is 10.5 Å². The summed E-state index contributed by atoms with van der Waals surface area (Å²) >= 11 is 6.86. The Labute approximate surface area is 122 Å². The van der Waals surface area contributed by atoms with Crippen LogP contribution in [0.25, 0.3) is 0 Å². The highest BCUT2D eigenvalue weighted by Crippen LogP contribution is 2.19. The Morgan fingerprint density at radius 1 is 1.26 bits per heavy atom. The first-order chi connectivity index (χ1) is 9.02. The minimum atomic E-state index is -0.223. The van der Waals surface area contributed by atoms with Crippen LogP contribution in [0.5, 0.6) is 0 Å². The molecule has 1 rings (SSSR count). The van der Waals surface area contributed by atoms with Crippen molar-refractivity contribution < 1.29 is 14.3 Å². The molecule has 0 saturated carbocycles. The van der Waals surface area contributed by atoms with Crippen molar-refractivity contribution >= 4 is 35.1 Å². The van der Waals surface area contributed by atoms with E-state index >= 15 is 0 Å². The standard InChI is InChI=1S/C14H17ClO3S/c1-10(2)8-18-14(17)9-19-12-5-3-11(4-6-12)13(16)7-15/h3-6,10H,7-9H2,1-2H3. The number of carbonyl (C=O) groups is 2. The van der Waals surface area contributed by atoms with Crippen LogP contribution in [0.15, 0.2) is 29.2 Å². The fraction of sp³-hybridized carbons (Fsp3) is 0.429. The van der Waals surface area contributed by atoms with Gasteiger partial charge in [-0.3, -0.25) is 9.59 Å². The third kappa shape index (κ3) is 6.12. The molecule has 3 nitrogen and oxygen atoms in total. The third-order valence-electron chi connectivity index (χ3n) is 2.23. The first kappa shape index (κ1) is 16.1. The largest absolute Gasteiger partial charge is 0.465 e. The quantitative estimate of drug-likeness (QED) is 0.335. The molecule has 1 aromatic rings. The van der Waals surface area contributed by atoms with Gasteiger partial charge in [-0.2, -0.15) is 0 Å². The summed E-state index contributed by atoms with van der Waals surface area (Å²) in [5, 5.41) is 0. The average molecular weight is 301 g/mol. The molecule has 0 aromatic heterocycles. The van der Waals surface area contributed by atoms with E-state index in [-0.39, 0.29) is 23.4 Å². The first-order valence-electron chi connectivity index (χ1n) is 6.00. The molecule has 0 heterocycles. The highest BCUT2D eigenvalue weighted by molar-refractivity contribution is 8.00. The van der Waals surface area contributed by atoms with Crippen molar-refractivity contribution in [3.05, 3.63) is 29.8 Å². The Bertz CT molecular complexity index is 429. The van der Waals surface area contributed by atoms with Crippen LogP contribution < -0.4 is 0 Å². The molecule has 0 radical (unpaired) electrons. The van der Waals surface area contributed by atoms with Crippen molar-refractivity contribution in [1.29, 1.82) is 0 Å². The predicted molar refractivity (Wildman–Crippen MR) is 78.0 cm³/mol. The fourth-order valence-electron chi connectivity index (χ4n) is 1.26. The molecule has 0 amide bonds. The van der Waals surface area contributed by atoms with Crippen molar-refractivity contribution in [2.45, 2.75) is 18.7 Å². The fourth-order valence-corrected chi connectivity index (χ4v) is 2.11. The highest BCUT2D eigenvalue weighted by atomic mass is 35.5. The van der Waals surface area contributed by atoms with Crippen molar-refractivity contribution in [1.82, 2.24) is 0 Å². The van der Waals surface area contributed by atoms with Crippen LogP contribution in [-0.2, 0) is 9.53 Å². The predicted octanol–water partition coefficient (Wildman–Crippen LogP) is 3.40. The Morgan fingerprint density at radius 2 is 1.89 bits per heavy atom. The summed E-state index contributed by atoms with van der Waals surface area (Å²) in [6.07, 6.45) is 0. The van der Waals surface area contributed by atoms with E-state index in [0.29, 0.717) is 18.1 Å². The molecule has 0 atom stereocenters. The highest BCUT2D eigenvalue weighted by Gasteiger charge is 2.07. The van der Waals surface area contributed by atoms with E-state index in [1.807, 2.05) is 13.8 Å². The second kappa shape index (κ2) is 8.23. The lowest BCUT2D eigenvalue weighted by molar-refractivity contribution is -0.141. The van der Waals surface area contributed by atoms with Crippen LogP contribution in [0, 0.1) is 5.92 Å². The number of alkyl halides is 1. The van der Waals surface area contributed by atoms with Crippen molar-refractivity contribution in [3.63, 3.8) is 0 Å².